The van der Waals surface area contributed by atoms with Crippen LogP contribution in [0.4, 0.5) is 0 Å². The van der Waals surface area contributed by atoms with Crippen molar-refractivity contribution in [1.82, 2.24) is 0 Å². The highest BCUT2D eigenvalue weighted by atomic mass is 32.3. The second-order valence-corrected chi connectivity index (χ2v) is 13.6. The molecule has 0 radical (unpaired) electrons. The van der Waals surface area contributed by atoms with Gasteiger partial charge in [0, 0.05) is 10.4 Å². The Balaban J connectivity index is 0.000000758. The molecule has 0 amide bonds. The van der Waals surface area contributed by atoms with Crippen molar-refractivity contribution in [2.24, 2.45) is 0 Å². The third kappa shape index (κ3) is 20.8. The maximum atomic E-state index is 12.1. The Bertz CT molecular complexity index is 1210. The standard InChI is InChI=1S/C19H31NO2.C15H23NO2.H2O4S/c1-6-8-13-20(7-2)14-15-22-18(21)16-9-11-17(12-10-16)19(3,4)5;1-5-16-10-11-18-14(17)12-6-8-13(9-7-12)15(2,3)4;1-5(2,3)4/h9-12H,6-8,13-15H2,1-5H3;6-9,16H,5,10-11H2,1-4H3;(H2,1,2,3,4). The van der Waals surface area contributed by atoms with Gasteiger partial charge in [-0.3, -0.25) is 8.42 Å². The predicted molar refractivity (Wildman–Crippen MR) is 175 cm³/mol. The Morgan fingerprint density at radius 2 is 1.13 bits per heavy atom. The van der Waals surface area contributed by atoms with Crippen LogP contribution in [0, 0.1) is 0 Å². The zero-order valence-corrected chi connectivity index (χ0v) is 29.6. The van der Waals surface area contributed by atoms with Crippen LogP contribution >= 0.6 is 0 Å². The Labute approximate surface area is 271 Å². The smallest absolute Gasteiger partial charge is 0.338 e. The summed E-state index contributed by atoms with van der Waals surface area (Å²) >= 11 is 0. The molecule has 1 unspecified atom stereocenters. The van der Waals surface area contributed by atoms with E-state index in [2.05, 4.69) is 67.6 Å². The van der Waals surface area contributed by atoms with Gasteiger partial charge in [-0.25, -0.2) is 9.59 Å². The summed E-state index contributed by atoms with van der Waals surface area (Å²) in [6, 6.07) is 15.4. The minimum absolute atomic E-state index is 0.104. The van der Waals surface area contributed by atoms with Crippen LogP contribution in [0.1, 0.15) is 107 Å². The van der Waals surface area contributed by atoms with E-state index in [4.69, 9.17) is 27.0 Å². The fourth-order valence-electron chi connectivity index (χ4n) is 4.01. The van der Waals surface area contributed by atoms with Crippen LogP contribution in [0.15, 0.2) is 48.5 Å². The van der Waals surface area contributed by atoms with Crippen LogP contribution in [0.3, 0.4) is 0 Å². The van der Waals surface area contributed by atoms with E-state index in [9.17, 15) is 9.59 Å². The molecular weight excluding hydrogens is 596 g/mol. The van der Waals surface area contributed by atoms with Crippen molar-refractivity contribution in [3.8, 4) is 0 Å². The first kappa shape index (κ1) is 42.2. The normalized spacial score (nSPS) is 12.2. The molecule has 3 N–H and O–H groups in total. The Morgan fingerprint density at radius 3 is 1.47 bits per heavy atom. The van der Waals surface area contributed by atoms with Crippen molar-refractivity contribution in [1.29, 1.82) is 0 Å². The molecule has 0 aliphatic carbocycles. The average Bonchev–Trinajstić information content (AvgIpc) is 2.95. The van der Waals surface area contributed by atoms with Gasteiger partial charge in [0.05, 0.1) is 30.8 Å². The van der Waals surface area contributed by atoms with Crippen molar-refractivity contribution in [3.63, 3.8) is 0 Å². The molecule has 0 aliphatic rings. The van der Waals surface area contributed by atoms with E-state index in [1.807, 2.05) is 48.5 Å². The summed E-state index contributed by atoms with van der Waals surface area (Å²) in [5.74, 6) is -0.452. The zero-order chi connectivity index (χ0) is 34.7. The number of carbonyl (C=O) groups is 2. The van der Waals surface area contributed by atoms with Crippen molar-refractivity contribution < 1.29 is 46.8 Å². The number of hydrogen-bond acceptors (Lipinski definition) is 8. The maximum absolute atomic E-state index is 12.1. The lowest BCUT2D eigenvalue weighted by Crippen LogP contribution is -3.12. The van der Waals surface area contributed by atoms with Crippen LogP contribution in [0.25, 0.3) is 0 Å². The number of nitrogens with two attached hydrogens (primary N) is 1. The molecule has 0 saturated heterocycles. The highest BCUT2D eigenvalue weighted by molar-refractivity contribution is 7.79. The SMILES string of the molecule is CCCC[NH+](CC)CCOC(=O)c1ccc(C(C)(C)C)cc1.CC[NH2+]CCOC(=O)c1ccc(C(C)(C)C)cc1.O=S(=O)([O-])[O-]. The van der Waals surface area contributed by atoms with Gasteiger partial charge in [0.25, 0.3) is 0 Å². The molecule has 10 nitrogen and oxygen atoms in total. The van der Waals surface area contributed by atoms with E-state index >= 15 is 0 Å². The second-order valence-electron chi connectivity index (χ2n) is 12.8. The summed E-state index contributed by atoms with van der Waals surface area (Å²) in [5.41, 5.74) is 3.92. The summed E-state index contributed by atoms with van der Waals surface area (Å²) < 4.78 is 44.7. The van der Waals surface area contributed by atoms with Gasteiger partial charge in [0.2, 0.25) is 0 Å². The van der Waals surface area contributed by atoms with E-state index in [0.717, 1.165) is 32.7 Å². The highest BCUT2D eigenvalue weighted by Gasteiger charge is 2.16. The fourth-order valence-corrected chi connectivity index (χ4v) is 4.01. The first-order chi connectivity index (χ1) is 20.8. The Hall–Kier alpha value is -2.83. The highest BCUT2D eigenvalue weighted by Crippen LogP contribution is 2.23. The third-order valence-electron chi connectivity index (χ3n) is 6.89. The molecule has 0 saturated carbocycles. The van der Waals surface area contributed by atoms with Crippen molar-refractivity contribution >= 4 is 22.3 Å². The number of esters is 2. The number of ether oxygens (including phenoxy) is 2. The Kier molecular flexibility index (Phi) is 19.7. The van der Waals surface area contributed by atoms with Crippen LogP contribution in [0.2, 0.25) is 0 Å². The molecule has 256 valence electrons. The van der Waals surface area contributed by atoms with E-state index in [0.29, 0.717) is 24.3 Å². The Morgan fingerprint density at radius 1 is 0.733 bits per heavy atom. The molecule has 2 aromatic rings. The molecule has 0 fully saturated rings. The largest absolute Gasteiger partial charge is 0.759 e. The summed E-state index contributed by atoms with van der Waals surface area (Å²) in [6.07, 6.45) is 2.44. The molecule has 45 heavy (non-hydrogen) atoms. The molecule has 2 aromatic carbocycles. The van der Waals surface area contributed by atoms with Crippen LogP contribution in [-0.4, -0.2) is 75.4 Å². The van der Waals surface area contributed by atoms with Crippen LogP contribution in [0.5, 0.6) is 0 Å². The average molecular weight is 653 g/mol. The number of hydrogen-bond donors (Lipinski definition) is 2. The van der Waals surface area contributed by atoms with E-state index in [1.54, 1.807) is 0 Å². The molecule has 1 atom stereocenters. The minimum atomic E-state index is -5.17. The molecule has 2 rings (SSSR count). The molecule has 0 bridgehead atoms. The number of quaternary nitrogens is 2. The van der Waals surface area contributed by atoms with Gasteiger partial charge in [-0.2, -0.15) is 0 Å². The van der Waals surface area contributed by atoms with Crippen molar-refractivity contribution in [3.05, 3.63) is 70.8 Å². The lowest BCUT2D eigenvalue weighted by atomic mass is 9.87. The summed E-state index contributed by atoms with van der Waals surface area (Å²) in [4.78, 5) is 25.3. The first-order valence-corrected chi connectivity index (χ1v) is 17.0. The fraction of sp³-hybridized carbons (Fsp3) is 0.588. The number of rotatable bonds is 13. The van der Waals surface area contributed by atoms with E-state index in [-0.39, 0.29) is 22.8 Å². The van der Waals surface area contributed by atoms with Crippen molar-refractivity contribution in [2.75, 3.05) is 45.9 Å². The number of likely N-dealkylation sites (N-methyl/N-ethyl adjacent to an activating group) is 2. The topological polar surface area (TPSA) is 154 Å². The number of unbranched alkanes of at least 4 members (excludes halogenated alkanes) is 1. The van der Waals surface area contributed by atoms with Gasteiger partial charge < -0.3 is 28.8 Å². The lowest BCUT2D eigenvalue weighted by molar-refractivity contribution is -0.898. The maximum Gasteiger partial charge on any atom is 0.338 e. The summed E-state index contributed by atoms with van der Waals surface area (Å²) in [7, 11) is -5.17. The van der Waals surface area contributed by atoms with Gasteiger partial charge in [0.1, 0.15) is 26.3 Å². The monoisotopic (exact) mass is 652 g/mol. The molecule has 0 aliphatic heterocycles. The predicted octanol–water partition coefficient (Wildman–Crippen LogP) is 3.23. The van der Waals surface area contributed by atoms with Gasteiger partial charge >= 0.3 is 11.9 Å². The van der Waals surface area contributed by atoms with Gasteiger partial charge in [0.15, 0.2) is 0 Å². The minimum Gasteiger partial charge on any atom is -0.759 e. The zero-order valence-electron chi connectivity index (χ0n) is 28.7. The van der Waals surface area contributed by atoms with Crippen LogP contribution < -0.4 is 10.2 Å². The van der Waals surface area contributed by atoms with Gasteiger partial charge in [-0.1, -0.05) is 79.2 Å². The molecule has 0 heterocycles. The molecule has 0 aromatic heterocycles. The number of benzene rings is 2. The number of carbonyl (C=O) groups excluding carboxylic acids is 2. The van der Waals surface area contributed by atoms with E-state index < -0.39 is 10.4 Å². The van der Waals surface area contributed by atoms with Crippen molar-refractivity contribution in [2.45, 2.75) is 86.0 Å². The number of nitrogens with one attached hydrogen (secondary N) is 1. The van der Waals surface area contributed by atoms with E-state index in [1.165, 1.54) is 28.9 Å². The van der Waals surface area contributed by atoms with Gasteiger partial charge in [-0.05, 0) is 66.5 Å². The van der Waals surface area contributed by atoms with Crippen LogP contribution in [-0.2, 0) is 30.7 Å². The second kappa shape index (κ2) is 21.1. The summed E-state index contributed by atoms with van der Waals surface area (Å²) in [6.45, 7) is 25.3. The van der Waals surface area contributed by atoms with Gasteiger partial charge in [-0.15, -0.1) is 0 Å². The molecule has 11 heteroatoms. The molecular formula is C34H56N2O8S. The quantitative estimate of drug-likeness (QED) is 0.145. The lowest BCUT2D eigenvalue weighted by Gasteiger charge is -2.19. The molecule has 0 spiro atoms. The third-order valence-corrected chi connectivity index (χ3v) is 6.89. The first-order valence-electron chi connectivity index (χ1n) is 15.7. The summed E-state index contributed by atoms with van der Waals surface area (Å²) in [5, 5.41) is 2.11.